The summed E-state index contributed by atoms with van der Waals surface area (Å²) in [5, 5.41) is 0. The molecule has 0 aliphatic heterocycles. The Labute approximate surface area is 109 Å². The van der Waals surface area contributed by atoms with Gasteiger partial charge in [-0.15, -0.1) is 0 Å². The van der Waals surface area contributed by atoms with Crippen LogP contribution in [0.2, 0.25) is 0 Å². The molecule has 2 N–H and O–H groups in total. The van der Waals surface area contributed by atoms with Crippen LogP contribution < -0.4 is 5.73 Å². The molecular weight excluding hydrogens is 224 g/mol. The van der Waals surface area contributed by atoms with E-state index in [-0.39, 0.29) is 5.91 Å². The van der Waals surface area contributed by atoms with Gasteiger partial charge in [-0.3, -0.25) is 4.79 Å². The second kappa shape index (κ2) is 6.01. The zero-order valence-corrected chi connectivity index (χ0v) is 11.1. The molecule has 1 saturated carbocycles. The Bertz CT molecular complexity index is 393. The van der Waals surface area contributed by atoms with Crippen molar-refractivity contribution in [3.05, 3.63) is 35.4 Å². The molecule has 0 saturated heterocycles. The van der Waals surface area contributed by atoms with Gasteiger partial charge in [0.1, 0.15) is 0 Å². The molecule has 0 unspecified atom stereocenters. The lowest BCUT2D eigenvalue weighted by molar-refractivity contribution is 0.0696. The van der Waals surface area contributed by atoms with Gasteiger partial charge in [-0.25, -0.2) is 0 Å². The average Bonchev–Trinajstić information content (AvgIpc) is 2.47. The van der Waals surface area contributed by atoms with Crippen LogP contribution in [0.15, 0.2) is 24.3 Å². The highest BCUT2D eigenvalue weighted by Gasteiger charge is 2.22. The van der Waals surface area contributed by atoms with E-state index in [1.165, 1.54) is 19.3 Å². The maximum absolute atomic E-state index is 12.3. The molecule has 98 valence electrons. The highest BCUT2D eigenvalue weighted by atomic mass is 16.2. The third-order valence-electron chi connectivity index (χ3n) is 3.88. The van der Waals surface area contributed by atoms with E-state index in [0.717, 1.165) is 24.0 Å². The fourth-order valence-corrected chi connectivity index (χ4v) is 2.62. The Balaban J connectivity index is 2.04. The molecule has 1 fully saturated rings. The summed E-state index contributed by atoms with van der Waals surface area (Å²) in [6.07, 6.45) is 6.08. The largest absolute Gasteiger partial charge is 0.339 e. The third-order valence-corrected chi connectivity index (χ3v) is 3.88. The lowest BCUT2D eigenvalue weighted by Crippen LogP contribution is -2.38. The number of hydrogen-bond acceptors (Lipinski definition) is 2. The number of hydrogen-bond donors (Lipinski definition) is 1. The average molecular weight is 246 g/mol. The summed E-state index contributed by atoms with van der Waals surface area (Å²) < 4.78 is 0. The van der Waals surface area contributed by atoms with Crippen molar-refractivity contribution in [2.45, 2.75) is 44.7 Å². The van der Waals surface area contributed by atoms with Gasteiger partial charge in [0.2, 0.25) is 0 Å². The van der Waals surface area contributed by atoms with Gasteiger partial charge in [0.05, 0.1) is 0 Å². The SMILES string of the molecule is CN(C(=O)c1ccc(CN)cc1)C1CCCCC1. The molecule has 1 aliphatic rings. The van der Waals surface area contributed by atoms with Crippen molar-refractivity contribution in [3.8, 4) is 0 Å². The Morgan fingerprint density at radius 3 is 2.39 bits per heavy atom. The van der Waals surface area contributed by atoms with Gasteiger partial charge in [-0.1, -0.05) is 31.4 Å². The first-order chi connectivity index (χ1) is 8.72. The number of carbonyl (C=O) groups excluding carboxylic acids is 1. The minimum absolute atomic E-state index is 0.130. The summed E-state index contributed by atoms with van der Waals surface area (Å²) >= 11 is 0. The topological polar surface area (TPSA) is 46.3 Å². The number of rotatable bonds is 3. The van der Waals surface area contributed by atoms with E-state index in [1.54, 1.807) is 0 Å². The maximum atomic E-state index is 12.3. The van der Waals surface area contributed by atoms with Gasteiger partial charge >= 0.3 is 0 Å². The summed E-state index contributed by atoms with van der Waals surface area (Å²) in [6.45, 7) is 0.521. The molecule has 0 spiro atoms. The van der Waals surface area contributed by atoms with Gasteiger partial charge in [-0.05, 0) is 30.5 Å². The zero-order valence-electron chi connectivity index (χ0n) is 11.1. The Kier molecular flexibility index (Phi) is 4.37. The first-order valence-electron chi connectivity index (χ1n) is 6.78. The van der Waals surface area contributed by atoms with Crippen LogP contribution in [0.25, 0.3) is 0 Å². The van der Waals surface area contributed by atoms with Crippen LogP contribution in [-0.4, -0.2) is 23.9 Å². The van der Waals surface area contributed by atoms with Crippen molar-refractivity contribution < 1.29 is 4.79 Å². The summed E-state index contributed by atoms with van der Waals surface area (Å²) in [4.78, 5) is 14.3. The number of carbonyl (C=O) groups is 1. The van der Waals surface area contributed by atoms with Crippen LogP contribution in [0.5, 0.6) is 0 Å². The minimum Gasteiger partial charge on any atom is -0.339 e. The molecule has 1 aliphatic carbocycles. The molecule has 0 aromatic heterocycles. The van der Waals surface area contributed by atoms with E-state index >= 15 is 0 Å². The van der Waals surface area contributed by atoms with E-state index in [4.69, 9.17) is 5.73 Å². The maximum Gasteiger partial charge on any atom is 0.253 e. The first-order valence-corrected chi connectivity index (χ1v) is 6.78. The van der Waals surface area contributed by atoms with Crippen molar-refractivity contribution in [3.63, 3.8) is 0 Å². The van der Waals surface area contributed by atoms with Crippen molar-refractivity contribution in [2.75, 3.05) is 7.05 Å². The number of nitrogens with zero attached hydrogens (tertiary/aromatic N) is 1. The van der Waals surface area contributed by atoms with E-state index in [1.807, 2.05) is 36.2 Å². The Hall–Kier alpha value is -1.35. The smallest absolute Gasteiger partial charge is 0.253 e. The number of amides is 1. The Morgan fingerprint density at radius 1 is 1.22 bits per heavy atom. The molecule has 1 amide bonds. The predicted octanol–water partition coefficient (Wildman–Crippen LogP) is 2.55. The van der Waals surface area contributed by atoms with Gasteiger partial charge < -0.3 is 10.6 Å². The number of nitrogens with two attached hydrogens (primary N) is 1. The molecule has 0 heterocycles. The molecule has 1 aromatic rings. The normalized spacial score (nSPS) is 16.6. The molecule has 3 nitrogen and oxygen atoms in total. The summed E-state index contributed by atoms with van der Waals surface area (Å²) in [6, 6.07) is 8.04. The highest BCUT2D eigenvalue weighted by molar-refractivity contribution is 5.94. The van der Waals surface area contributed by atoms with Crippen molar-refractivity contribution >= 4 is 5.91 Å². The molecule has 0 bridgehead atoms. The fourth-order valence-electron chi connectivity index (χ4n) is 2.62. The molecule has 3 heteroatoms. The van der Waals surface area contributed by atoms with E-state index < -0.39 is 0 Å². The second-order valence-corrected chi connectivity index (χ2v) is 5.11. The third kappa shape index (κ3) is 2.91. The standard InChI is InChI=1S/C15H22N2O/c1-17(14-5-3-2-4-6-14)15(18)13-9-7-12(11-16)8-10-13/h7-10,14H,2-6,11,16H2,1H3. The van der Waals surface area contributed by atoms with Crippen LogP contribution in [0.3, 0.4) is 0 Å². The molecule has 2 rings (SSSR count). The zero-order chi connectivity index (χ0) is 13.0. The molecule has 0 atom stereocenters. The predicted molar refractivity (Wildman–Crippen MR) is 73.3 cm³/mol. The lowest BCUT2D eigenvalue weighted by Gasteiger charge is -2.31. The van der Waals surface area contributed by atoms with Crippen LogP contribution >= 0.6 is 0 Å². The van der Waals surface area contributed by atoms with Gasteiger partial charge in [0.15, 0.2) is 0 Å². The van der Waals surface area contributed by atoms with Crippen LogP contribution in [-0.2, 0) is 6.54 Å². The lowest BCUT2D eigenvalue weighted by atomic mass is 9.94. The van der Waals surface area contributed by atoms with Gasteiger partial charge in [0.25, 0.3) is 5.91 Å². The second-order valence-electron chi connectivity index (χ2n) is 5.11. The Morgan fingerprint density at radius 2 is 1.83 bits per heavy atom. The molecular formula is C15H22N2O. The van der Waals surface area contributed by atoms with E-state index in [2.05, 4.69) is 0 Å². The van der Waals surface area contributed by atoms with Crippen LogP contribution in [0.1, 0.15) is 48.0 Å². The van der Waals surface area contributed by atoms with E-state index in [9.17, 15) is 4.79 Å². The summed E-state index contributed by atoms with van der Waals surface area (Å²) in [5.74, 6) is 0.130. The van der Waals surface area contributed by atoms with Crippen molar-refractivity contribution in [1.29, 1.82) is 0 Å². The van der Waals surface area contributed by atoms with Crippen molar-refractivity contribution in [1.82, 2.24) is 4.90 Å². The first kappa shape index (κ1) is 13.1. The molecule has 1 aromatic carbocycles. The van der Waals surface area contributed by atoms with Crippen LogP contribution in [0, 0.1) is 0 Å². The fraction of sp³-hybridized carbons (Fsp3) is 0.533. The minimum atomic E-state index is 0.130. The quantitative estimate of drug-likeness (QED) is 0.891. The summed E-state index contributed by atoms with van der Waals surface area (Å²) in [7, 11) is 1.93. The molecule has 0 radical (unpaired) electrons. The van der Waals surface area contributed by atoms with Crippen molar-refractivity contribution in [2.24, 2.45) is 5.73 Å². The van der Waals surface area contributed by atoms with Gasteiger partial charge in [-0.2, -0.15) is 0 Å². The molecule has 18 heavy (non-hydrogen) atoms. The van der Waals surface area contributed by atoms with Gasteiger partial charge in [0, 0.05) is 25.2 Å². The number of benzene rings is 1. The summed E-state index contributed by atoms with van der Waals surface area (Å²) in [5.41, 5.74) is 7.38. The highest BCUT2D eigenvalue weighted by Crippen LogP contribution is 2.22. The van der Waals surface area contributed by atoms with E-state index in [0.29, 0.717) is 12.6 Å². The monoisotopic (exact) mass is 246 g/mol. The van der Waals surface area contributed by atoms with Crippen LogP contribution in [0.4, 0.5) is 0 Å².